The number of likely N-dealkylation sites (tertiary alicyclic amines) is 1. The van der Waals surface area contributed by atoms with Gasteiger partial charge in [0.25, 0.3) is 0 Å². The molecule has 1 aliphatic rings. The number of benzene rings is 2. The van der Waals surface area contributed by atoms with Gasteiger partial charge in [-0.2, -0.15) is 13.2 Å². The molecule has 1 aromatic heterocycles. The molecule has 2 aromatic carbocycles. The summed E-state index contributed by atoms with van der Waals surface area (Å²) in [5.41, 5.74) is 5.62. The molecule has 1 saturated heterocycles. The Bertz CT molecular complexity index is 1250. The average Bonchev–Trinajstić information content (AvgIpc) is 3.45. The van der Waals surface area contributed by atoms with Gasteiger partial charge in [0, 0.05) is 43.6 Å². The fraction of sp³-hybridized carbons (Fsp3) is 0.281. The SMILES string of the molecule is C=C(/C=C/CNCc1ccc(/C(=C(/CC(F)(F)F)c2ccccc2)c2ccc(C)cc2)cn1)N1CCCC1. The molecule has 3 aromatic rings. The Labute approximate surface area is 223 Å². The highest BCUT2D eigenvalue weighted by Crippen LogP contribution is 2.39. The standard InChI is InChI=1S/C32H34F3N3/c1-24-12-14-27(15-13-24)31(30(21-32(33,34)35)26-10-4-3-5-11-26)28-16-17-29(37-22-28)23-36-18-8-9-25(2)38-19-6-7-20-38/h3-5,8-17,22,36H,2,6-7,18-21,23H2,1H3/b9-8+,31-30-. The van der Waals surface area contributed by atoms with Crippen LogP contribution in [-0.4, -0.2) is 35.7 Å². The van der Waals surface area contributed by atoms with Crippen LogP contribution in [0, 0.1) is 6.92 Å². The van der Waals surface area contributed by atoms with Gasteiger partial charge in [-0.15, -0.1) is 0 Å². The fourth-order valence-corrected chi connectivity index (χ4v) is 4.68. The van der Waals surface area contributed by atoms with Crippen molar-refractivity contribution in [3.05, 3.63) is 125 Å². The highest BCUT2D eigenvalue weighted by molar-refractivity contribution is 5.98. The molecule has 198 valence electrons. The molecule has 0 bridgehead atoms. The Morgan fingerprint density at radius 1 is 0.947 bits per heavy atom. The van der Waals surface area contributed by atoms with E-state index >= 15 is 0 Å². The summed E-state index contributed by atoms with van der Waals surface area (Å²) in [5, 5.41) is 3.34. The predicted molar refractivity (Wildman–Crippen MR) is 149 cm³/mol. The smallest absolute Gasteiger partial charge is 0.372 e. The third-order valence-corrected chi connectivity index (χ3v) is 6.65. The molecule has 0 aliphatic carbocycles. The lowest BCUT2D eigenvalue weighted by molar-refractivity contribution is -0.122. The lowest BCUT2D eigenvalue weighted by Gasteiger charge is -2.19. The number of aryl methyl sites for hydroxylation is 1. The van der Waals surface area contributed by atoms with Crippen LogP contribution >= 0.6 is 0 Å². The maximum Gasteiger partial charge on any atom is 0.393 e. The van der Waals surface area contributed by atoms with Crippen LogP contribution in [0.5, 0.6) is 0 Å². The van der Waals surface area contributed by atoms with Crippen molar-refractivity contribution in [2.75, 3.05) is 19.6 Å². The van der Waals surface area contributed by atoms with E-state index in [-0.39, 0.29) is 5.57 Å². The van der Waals surface area contributed by atoms with E-state index in [1.54, 1.807) is 36.5 Å². The summed E-state index contributed by atoms with van der Waals surface area (Å²) < 4.78 is 41.3. The van der Waals surface area contributed by atoms with E-state index in [0.29, 0.717) is 29.8 Å². The van der Waals surface area contributed by atoms with E-state index in [1.165, 1.54) is 12.8 Å². The van der Waals surface area contributed by atoms with Crippen molar-refractivity contribution in [2.24, 2.45) is 0 Å². The predicted octanol–water partition coefficient (Wildman–Crippen LogP) is 7.56. The molecule has 3 nitrogen and oxygen atoms in total. The van der Waals surface area contributed by atoms with Gasteiger partial charge in [-0.1, -0.05) is 78.9 Å². The third kappa shape index (κ3) is 7.68. The van der Waals surface area contributed by atoms with Crippen LogP contribution in [0.4, 0.5) is 13.2 Å². The maximum atomic E-state index is 13.8. The van der Waals surface area contributed by atoms with Gasteiger partial charge in [0.1, 0.15) is 0 Å². The molecule has 0 amide bonds. The normalized spacial score (nSPS) is 14.7. The number of allylic oxidation sites excluding steroid dienone is 2. The van der Waals surface area contributed by atoms with Gasteiger partial charge < -0.3 is 10.2 Å². The molecular formula is C32H34F3N3. The van der Waals surface area contributed by atoms with Crippen LogP contribution in [0.2, 0.25) is 0 Å². The molecule has 1 N–H and O–H groups in total. The van der Waals surface area contributed by atoms with Crippen molar-refractivity contribution in [2.45, 2.75) is 38.9 Å². The van der Waals surface area contributed by atoms with Gasteiger partial charge >= 0.3 is 6.18 Å². The number of halogens is 3. The molecule has 0 radical (unpaired) electrons. The van der Waals surface area contributed by atoms with Crippen LogP contribution < -0.4 is 5.32 Å². The zero-order valence-electron chi connectivity index (χ0n) is 21.8. The Kier molecular flexibility index (Phi) is 9.19. The Hall–Kier alpha value is -3.64. The van der Waals surface area contributed by atoms with Crippen LogP contribution in [0.3, 0.4) is 0 Å². The third-order valence-electron chi connectivity index (χ3n) is 6.65. The molecule has 0 saturated carbocycles. The molecule has 2 heterocycles. The highest BCUT2D eigenvalue weighted by Gasteiger charge is 2.31. The van der Waals surface area contributed by atoms with Crippen molar-refractivity contribution >= 4 is 11.1 Å². The van der Waals surface area contributed by atoms with Gasteiger partial charge in [0.05, 0.1) is 12.1 Å². The van der Waals surface area contributed by atoms with E-state index in [0.717, 1.165) is 35.6 Å². The monoisotopic (exact) mass is 517 g/mol. The highest BCUT2D eigenvalue weighted by atomic mass is 19.4. The van der Waals surface area contributed by atoms with Crippen molar-refractivity contribution in [1.82, 2.24) is 15.2 Å². The molecule has 6 heteroatoms. The van der Waals surface area contributed by atoms with Crippen LogP contribution in [0.25, 0.3) is 11.1 Å². The first-order valence-electron chi connectivity index (χ1n) is 13.0. The van der Waals surface area contributed by atoms with E-state index < -0.39 is 12.6 Å². The summed E-state index contributed by atoms with van der Waals surface area (Å²) in [5.74, 6) is 0. The summed E-state index contributed by atoms with van der Waals surface area (Å²) in [4.78, 5) is 6.87. The lowest BCUT2D eigenvalue weighted by Crippen LogP contribution is -2.17. The van der Waals surface area contributed by atoms with Crippen molar-refractivity contribution in [3.8, 4) is 0 Å². The van der Waals surface area contributed by atoms with Crippen LogP contribution in [0.1, 0.15) is 47.2 Å². The van der Waals surface area contributed by atoms with E-state index in [9.17, 15) is 13.2 Å². The molecule has 38 heavy (non-hydrogen) atoms. The summed E-state index contributed by atoms with van der Waals surface area (Å²) in [6, 6.07) is 20.1. The number of aromatic nitrogens is 1. The largest absolute Gasteiger partial charge is 0.393 e. The molecular weight excluding hydrogens is 483 g/mol. The minimum Gasteiger partial charge on any atom is -0.372 e. The first-order valence-corrected chi connectivity index (χ1v) is 13.0. The molecule has 0 spiro atoms. The molecule has 1 aliphatic heterocycles. The van der Waals surface area contributed by atoms with Gasteiger partial charge in [0.15, 0.2) is 0 Å². The van der Waals surface area contributed by atoms with E-state index in [2.05, 4.69) is 27.9 Å². The van der Waals surface area contributed by atoms with Gasteiger partial charge in [-0.05, 0) is 54.2 Å². The fourth-order valence-electron chi connectivity index (χ4n) is 4.68. The zero-order valence-corrected chi connectivity index (χ0v) is 21.8. The second-order valence-corrected chi connectivity index (χ2v) is 9.63. The number of pyridine rings is 1. The number of hydrogen-bond donors (Lipinski definition) is 1. The number of alkyl halides is 3. The lowest BCUT2D eigenvalue weighted by atomic mass is 9.88. The minimum absolute atomic E-state index is 0.234. The second kappa shape index (κ2) is 12.7. The first-order chi connectivity index (χ1) is 18.3. The summed E-state index contributed by atoms with van der Waals surface area (Å²) in [6.45, 7) is 9.46. The molecule has 0 atom stereocenters. The zero-order chi connectivity index (χ0) is 27.0. The average molecular weight is 518 g/mol. The van der Waals surface area contributed by atoms with E-state index in [1.807, 2.05) is 49.4 Å². The van der Waals surface area contributed by atoms with Gasteiger partial charge in [-0.3, -0.25) is 4.98 Å². The number of hydrogen-bond acceptors (Lipinski definition) is 3. The van der Waals surface area contributed by atoms with Gasteiger partial charge in [-0.25, -0.2) is 0 Å². The first kappa shape index (κ1) is 27.4. The quantitative estimate of drug-likeness (QED) is 0.171. The Morgan fingerprint density at radius 3 is 2.26 bits per heavy atom. The number of nitrogens with zero attached hydrogens (tertiary/aromatic N) is 2. The minimum atomic E-state index is -4.36. The van der Waals surface area contributed by atoms with Crippen molar-refractivity contribution in [3.63, 3.8) is 0 Å². The summed E-state index contributed by atoms with van der Waals surface area (Å²) in [6.07, 6.45) is 2.82. The van der Waals surface area contributed by atoms with E-state index in [4.69, 9.17) is 0 Å². The number of rotatable bonds is 10. The summed E-state index contributed by atoms with van der Waals surface area (Å²) >= 11 is 0. The van der Waals surface area contributed by atoms with Crippen LogP contribution in [-0.2, 0) is 6.54 Å². The maximum absolute atomic E-state index is 13.8. The van der Waals surface area contributed by atoms with Crippen LogP contribution in [0.15, 0.2) is 97.4 Å². The second-order valence-electron chi connectivity index (χ2n) is 9.63. The molecule has 4 rings (SSSR count). The topological polar surface area (TPSA) is 28.2 Å². The van der Waals surface area contributed by atoms with Crippen molar-refractivity contribution in [1.29, 1.82) is 0 Å². The summed E-state index contributed by atoms with van der Waals surface area (Å²) in [7, 11) is 0. The Balaban J connectivity index is 1.56. The van der Waals surface area contributed by atoms with Gasteiger partial charge in [0.2, 0.25) is 0 Å². The molecule has 0 unspecified atom stereocenters. The number of nitrogens with one attached hydrogen (secondary N) is 1. The Morgan fingerprint density at radius 2 is 1.63 bits per heavy atom. The molecule has 1 fully saturated rings. The van der Waals surface area contributed by atoms with Crippen molar-refractivity contribution < 1.29 is 13.2 Å².